The van der Waals surface area contributed by atoms with Crippen molar-refractivity contribution < 1.29 is 14.3 Å². The Hall–Kier alpha value is -2.75. The van der Waals surface area contributed by atoms with E-state index in [2.05, 4.69) is 5.32 Å². The molecule has 0 atom stereocenters. The Balaban J connectivity index is 1.93. The number of aryl methyl sites for hydroxylation is 1. The number of benzene rings is 2. The highest BCUT2D eigenvalue weighted by atomic mass is 16.5. The molecule has 2 aromatic rings. The highest BCUT2D eigenvalue weighted by Crippen LogP contribution is 2.33. The van der Waals surface area contributed by atoms with Gasteiger partial charge in [0.15, 0.2) is 6.61 Å². The molecule has 0 bridgehead atoms. The first-order valence-electron chi connectivity index (χ1n) is 7.06. The Morgan fingerprint density at radius 1 is 1.23 bits per heavy atom. The number of carbonyl (C=O) groups is 1. The normalized spacial score (nSPS) is 13.5. The zero-order valence-electron chi connectivity index (χ0n) is 12.6. The minimum absolute atomic E-state index is 0.0737. The quantitative estimate of drug-likeness (QED) is 0.882. The van der Waals surface area contributed by atoms with Crippen molar-refractivity contribution in [2.75, 3.05) is 19.0 Å². The Labute approximate surface area is 129 Å². The molecule has 112 valence electrons. The van der Waals surface area contributed by atoms with E-state index < -0.39 is 0 Å². The molecule has 4 heteroatoms. The summed E-state index contributed by atoms with van der Waals surface area (Å²) in [6.45, 7) is 2.04. The van der Waals surface area contributed by atoms with Gasteiger partial charge < -0.3 is 14.8 Å². The number of hydrogen-bond acceptors (Lipinski definition) is 3. The van der Waals surface area contributed by atoms with Crippen molar-refractivity contribution in [3.63, 3.8) is 0 Å². The molecule has 1 aliphatic rings. The number of rotatable bonds is 3. The molecule has 1 heterocycles. The van der Waals surface area contributed by atoms with Crippen LogP contribution in [0.3, 0.4) is 0 Å². The molecule has 4 nitrogen and oxygen atoms in total. The summed E-state index contributed by atoms with van der Waals surface area (Å²) >= 11 is 0. The first-order chi connectivity index (χ1) is 10.7. The highest BCUT2D eigenvalue weighted by molar-refractivity contribution is 5.96. The summed E-state index contributed by atoms with van der Waals surface area (Å²) in [5.41, 5.74) is 3.71. The number of para-hydroxylation sites is 1. The van der Waals surface area contributed by atoms with Crippen molar-refractivity contribution in [1.82, 2.24) is 0 Å². The van der Waals surface area contributed by atoms with Crippen LogP contribution in [0.15, 0.2) is 36.4 Å². The molecule has 0 radical (unpaired) electrons. The van der Waals surface area contributed by atoms with Gasteiger partial charge in [-0.3, -0.25) is 4.79 Å². The standard InChI is InChI=1S/C18H17NO3/c1-12-9-13(10-15-18(12)22-11-17(20)19-15)7-8-14-5-3-4-6-16(14)21-2/h3-10H,11H2,1-2H3,(H,19,20). The van der Waals surface area contributed by atoms with Gasteiger partial charge in [-0.2, -0.15) is 0 Å². The van der Waals surface area contributed by atoms with E-state index >= 15 is 0 Å². The van der Waals surface area contributed by atoms with Crippen molar-refractivity contribution in [1.29, 1.82) is 0 Å². The number of amides is 1. The third-order valence-corrected chi connectivity index (χ3v) is 3.51. The molecular formula is C18H17NO3. The highest BCUT2D eigenvalue weighted by Gasteiger charge is 2.18. The average Bonchev–Trinajstić information content (AvgIpc) is 2.52. The molecular weight excluding hydrogens is 278 g/mol. The molecule has 22 heavy (non-hydrogen) atoms. The molecule has 2 aromatic carbocycles. The van der Waals surface area contributed by atoms with Crippen LogP contribution in [0, 0.1) is 6.92 Å². The summed E-state index contributed by atoms with van der Waals surface area (Å²) in [6.07, 6.45) is 3.98. The van der Waals surface area contributed by atoms with E-state index in [-0.39, 0.29) is 12.5 Å². The molecule has 1 amide bonds. The van der Waals surface area contributed by atoms with Crippen LogP contribution < -0.4 is 14.8 Å². The number of hydrogen-bond donors (Lipinski definition) is 1. The monoisotopic (exact) mass is 295 g/mol. The first kappa shape index (κ1) is 14.2. The number of nitrogens with one attached hydrogen (secondary N) is 1. The van der Waals surface area contributed by atoms with Crippen LogP contribution >= 0.6 is 0 Å². The van der Waals surface area contributed by atoms with Crippen molar-refractivity contribution in [2.45, 2.75) is 6.92 Å². The fraction of sp³-hybridized carbons (Fsp3) is 0.167. The van der Waals surface area contributed by atoms with Gasteiger partial charge in [-0.15, -0.1) is 0 Å². The second-order valence-corrected chi connectivity index (χ2v) is 5.13. The lowest BCUT2D eigenvalue weighted by Crippen LogP contribution is -2.25. The Bertz CT molecular complexity index is 750. The van der Waals surface area contributed by atoms with Crippen molar-refractivity contribution in [3.8, 4) is 11.5 Å². The summed E-state index contributed by atoms with van der Waals surface area (Å²) in [7, 11) is 1.66. The SMILES string of the molecule is COc1ccccc1C=Cc1cc(C)c2c(c1)NC(=O)CO2. The molecule has 0 saturated heterocycles. The smallest absolute Gasteiger partial charge is 0.262 e. The maximum atomic E-state index is 11.4. The van der Waals surface area contributed by atoms with E-state index in [1.807, 2.05) is 55.5 Å². The van der Waals surface area contributed by atoms with Gasteiger partial charge in [0.05, 0.1) is 12.8 Å². The van der Waals surface area contributed by atoms with Crippen LogP contribution in [-0.4, -0.2) is 19.6 Å². The topological polar surface area (TPSA) is 47.6 Å². The van der Waals surface area contributed by atoms with Gasteiger partial charge in [0.1, 0.15) is 11.5 Å². The van der Waals surface area contributed by atoms with Gasteiger partial charge in [-0.05, 0) is 36.2 Å². The summed E-state index contributed by atoms with van der Waals surface area (Å²) in [6, 6.07) is 11.8. The fourth-order valence-corrected chi connectivity index (χ4v) is 2.50. The summed E-state index contributed by atoms with van der Waals surface area (Å²) in [5.74, 6) is 1.44. The molecule has 0 spiro atoms. The maximum absolute atomic E-state index is 11.4. The van der Waals surface area contributed by atoms with Gasteiger partial charge >= 0.3 is 0 Å². The van der Waals surface area contributed by atoms with E-state index in [0.29, 0.717) is 0 Å². The Morgan fingerprint density at radius 2 is 2.05 bits per heavy atom. The minimum Gasteiger partial charge on any atom is -0.496 e. The van der Waals surface area contributed by atoms with Crippen LogP contribution in [0.5, 0.6) is 11.5 Å². The van der Waals surface area contributed by atoms with E-state index in [1.54, 1.807) is 7.11 Å². The van der Waals surface area contributed by atoms with Crippen molar-refractivity contribution >= 4 is 23.7 Å². The summed E-state index contributed by atoms with van der Waals surface area (Å²) in [4.78, 5) is 11.4. The zero-order chi connectivity index (χ0) is 15.5. The van der Waals surface area contributed by atoms with E-state index in [0.717, 1.165) is 33.9 Å². The molecule has 0 fully saturated rings. The number of anilines is 1. The average molecular weight is 295 g/mol. The van der Waals surface area contributed by atoms with Crippen molar-refractivity contribution in [3.05, 3.63) is 53.1 Å². The lowest BCUT2D eigenvalue weighted by Gasteiger charge is -2.20. The van der Waals surface area contributed by atoms with Crippen molar-refractivity contribution in [2.24, 2.45) is 0 Å². The lowest BCUT2D eigenvalue weighted by atomic mass is 10.1. The number of fused-ring (bicyclic) bond motifs is 1. The lowest BCUT2D eigenvalue weighted by molar-refractivity contribution is -0.118. The molecule has 3 rings (SSSR count). The van der Waals surface area contributed by atoms with E-state index in [1.165, 1.54) is 0 Å². The van der Waals surface area contributed by atoms with Gasteiger partial charge in [0, 0.05) is 5.56 Å². The van der Waals surface area contributed by atoms with E-state index in [9.17, 15) is 4.79 Å². The van der Waals surface area contributed by atoms with Crippen LogP contribution in [0.1, 0.15) is 16.7 Å². The van der Waals surface area contributed by atoms with Crippen LogP contribution in [-0.2, 0) is 4.79 Å². The fourth-order valence-electron chi connectivity index (χ4n) is 2.50. The van der Waals surface area contributed by atoms with Crippen LogP contribution in [0.4, 0.5) is 5.69 Å². The zero-order valence-corrected chi connectivity index (χ0v) is 12.6. The third-order valence-electron chi connectivity index (χ3n) is 3.51. The van der Waals surface area contributed by atoms with Gasteiger partial charge in [0.25, 0.3) is 5.91 Å². The Kier molecular flexibility index (Phi) is 3.83. The summed E-state index contributed by atoms with van der Waals surface area (Å²) in [5, 5.41) is 2.84. The van der Waals surface area contributed by atoms with Gasteiger partial charge in [0.2, 0.25) is 0 Å². The van der Waals surface area contributed by atoms with Crippen LogP contribution in [0.2, 0.25) is 0 Å². The Morgan fingerprint density at radius 3 is 2.86 bits per heavy atom. The maximum Gasteiger partial charge on any atom is 0.262 e. The predicted octanol–water partition coefficient (Wildman–Crippen LogP) is 3.50. The second kappa shape index (κ2) is 5.93. The molecule has 0 saturated carbocycles. The van der Waals surface area contributed by atoms with Gasteiger partial charge in [-0.1, -0.05) is 30.4 Å². The number of methoxy groups -OCH3 is 1. The predicted molar refractivity (Wildman–Crippen MR) is 87.2 cm³/mol. The second-order valence-electron chi connectivity index (χ2n) is 5.13. The summed E-state index contributed by atoms with van der Waals surface area (Å²) < 4.78 is 10.8. The largest absolute Gasteiger partial charge is 0.496 e. The minimum atomic E-state index is -0.127. The molecule has 1 N–H and O–H groups in total. The first-order valence-corrected chi connectivity index (χ1v) is 7.06. The van der Waals surface area contributed by atoms with Crippen LogP contribution in [0.25, 0.3) is 12.2 Å². The number of carbonyl (C=O) groups excluding carboxylic acids is 1. The molecule has 0 aliphatic carbocycles. The molecule has 0 aromatic heterocycles. The van der Waals surface area contributed by atoms with E-state index in [4.69, 9.17) is 9.47 Å². The molecule has 0 unspecified atom stereocenters. The third kappa shape index (κ3) is 2.81. The van der Waals surface area contributed by atoms with Gasteiger partial charge in [-0.25, -0.2) is 0 Å². The number of ether oxygens (including phenoxy) is 2. The molecule has 1 aliphatic heterocycles.